The van der Waals surface area contributed by atoms with Crippen LogP contribution in [0.25, 0.3) is 0 Å². The van der Waals surface area contributed by atoms with Crippen LogP contribution in [0.5, 0.6) is 5.75 Å². The topological polar surface area (TPSA) is 9.23 Å². The fourth-order valence-electron chi connectivity index (χ4n) is 4.53. The lowest BCUT2D eigenvalue weighted by atomic mass is 9.53. The van der Waals surface area contributed by atoms with Crippen molar-refractivity contribution >= 4 is 0 Å². The van der Waals surface area contributed by atoms with Crippen molar-refractivity contribution in [2.24, 2.45) is 10.8 Å². The van der Waals surface area contributed by atoms with Crippen LogP contribution in [0.3, 0.4) is 0 Å². The Morgan fingerprint density at radius 2 is 1.58 bits per heavy atom. The standard InChI is InChI=1S/C23H32O/c1-3-5-19-24-21-8-6-20(7-9-21)10-12-23-16-13-22(11-4-2,14-17-23)15-18-23/h6-9H,3-5,11,13-19H2,1-2H3. The molecule has 0 radical (unpaired) electrons. The number of benzene rings is 1. The molecule has 0 atom stereocenters. The summed E-state index contributed by atoms with van der Waals surface area (Å²) in [5.41, 5.74) is 2.12. The second-order valence-corrected chi connectivity index (χ2v) is 8.01. The molecule has 0 aliphatic heterocycles. The van der Waals surface area contributed by atoms with Gasteiger partial charge in [-0.25, -0.2) is 0 Å². The van der Waals surface area contributed by atoms with Crippen molar-refractivity contribution in [3.63, 3.8) is 0 Å². The van der Waals surface area contributed by atoms with Gasteiger partial charge in [-0.3, -0.25) is 0 Å². The maximum Gasteiger partial charge on any atom is 0.119 e. The van der Waals surface area contributed by atoms with Gasteiger partial charge in [-0.2, -0.15) is 0 Å². The highest BCUT2D eigenvalue weighted by Gasteiger charge is 2.47. The molecule has 130 valence electrons. The SMILES string of the molecule is CCCCOc1ccc(C#CC23CCC(CCC)(CC2)CC3)cc1. The summed E-state index contributed by atoms with van der Waals surface area (Å²) in [4.78, 5) is 0. The first-order valence-corrected chi connectivity index (χ1v) is 9.95. The molecule has 3 fully saturated rings. The van der Waals surface area contributed by atoms with Gasteiger partial charge in [0.15, 0.2) is 0 Å². The maximum absolute atomic E-state index is 5.73. The van der Waals surface area contributed by atoms with Crippen LogP contribution in [0.15, 0.2) is 24.3 Å². The smallest absolute Gasteiger partial charge is 0.119 e. The fourth-order valence-corrected chi connectivity index (χ4v) is 4.53. The third kappa shape index (κ3) is 3.97. The highest BCUT2D eigenvalue weighted by molar-refractivity contribution is 5.39. The normalized spacial score (nSPS) is 28.2. The van der Waals surface area contributed by atoms with Crippen LogP contribution < -0.4 is 4.74 Å². The minimum Gasteiger partial charge on any atom is -0.494 e. The molecule has 0 spiro atoms. The van der Waals surface area contributed by atoms with E-state index in [4.69, 9.17) is 4.74 Å². The average molecular weight is 325 g/mol. The van der Waals surface area contributed by atoms with Crippen LogP contribution in [0.2, 0.25) is 0 Å². The first kappa shape index (κ1) is 17.4. The lowest BCUT2D eigenvalue weighted by molar-refractivity contribution is 0.0200. The van der Waals surface area contributed by atoms with Crippen molar-refractivity contribution in [3.8, 4) is 17.6 Å². The van der Waals surface area contributed by atoms with Crippen LogP contribution in [0.1, 0.15) is 83.6 Å². The summed E-state index contributed by atoms with van der Waals surface area (Å²) >= 11 is 0. The van der Waals surface area contributed by atoms with E-state index in [2.05, 4.69) is 50.0 Å². The number of hydrogen-bond donors (Lipinski definition) is 0. The van der Waals surface area contributed by atoms with E-state index >= 15 is 0 Å². The molecule has 2 bridgehead atoms. The number of fused-ring (bicyclic) bond motifs is 3. The largest absolute Gasteiger partial charge is 0.494 e. The summed E-state index contributed by atoms with van der Waals surface area (Å²) in [5.74, 6) is 8.11. The molecule has 1 nitrogen and oxygen atoms in total. The molecule has 1 aromatic rings. The minimum atomic E-state index is 0.311. The Kier molecular flexibility index (Phi) is 5.54. The quantitative estimate of drug-likeness (QED) is 0.437. The molecule has 24 heavy (non-hydrogen) atoms. The van der Waals surface area contributed by atoms with Gasteiger partial charge in [0, 0.05) is 11.0 Å². The Morgan fingerprint density at radius 1 is 0.917 bits per heavy atom. The van der Waals surface area contributed by atoms with Crippen molar-refractivity contribution in [1.82, 2.24) is 0 Å². The molecule has 3 aliphatic rings. The van der Waals surface area contributed by atoms with E-state index in [0.717, 1.165) is 24.3 Å². The van der Waals surface area contributed by atoms with Gasteiger partial charge in [-0.1, -0.05) is 38.5 Å². The molecular formula is C23H32O. The second-order valence-electron chi connectivity index (χ2n) is 8.01. The molecule has 0 amide bonds. The molecule has 0 aromatic heterocycles. The van der Waals surface area contributed by atoms with Gasteiger partial charge in [-0.05, 0) is 81.0 Å². The lowest BCUT2D eigenvalue weighted by Gasteiger charge is -2.51. The zero-order chi connectivity index (χ0) is 16.9. The molecular weight excluding hydrogens is 292 g/mol. The van der Waals surface area contributed by atoms with Gasteiger partial charge in [0.05, 0.1) is 6.61 Å². The van der Waals surface area contributed by atoms with Gasteiger partial charge in [-0.15, -0.1) is 0 Å². The van der Waals surface area contributed by atoms with Crippen molar-refractivity contribution in [1.29, 1.82) is 0 Å². The predicted octanol–water partition coefficient (Wildman–Crippen LogP) is 6.36. The Hall–Kier alpha value is -1.42. The van der Waals surface area contributed by atoms with Crippen LogP contribution in [-0.2, 0) is 0 Å². The van der Waals surface area contributed by atoms with Gasteiger partial charge in [0.2, 0.25) is 0 Å². The summed E-state index contributed by atoms with van der Waals surface area (Å²) < 4.78 is 5.73. The Bertz CT molecular complexity index is 562. The van der Waals surface area contributed by atoms with Crippen LogP contribution in [0, 0.1) is 22.7 Å². The number of ether oxygens (including phenoxy) is 1. The molecule has 3 aliphatic carbocycles. The highest BCUT2D eigenvalue weighted by Crippen LogP contribution is 2.58. The summed E-state index contributed by atoms with van der Waals surface area (Å²) in [6, 6.07) is 8.34. The lowest BCUT2D eigenvalue weighted by Crippen LogP contribution is -2.40. The van der Waals surface area contributed by atoms with E-state index in [-0.39, 0.29) is 0 Å². The zero-order valence-electron chi connectivity index (χ0n) is 15.5. The number of hydrogen-bond acceptors (Lipinski definition) is 1. The first-order chi connectivity index (χ1) is 11.7. The summed E-state index contributed by atoms with van der Waals surface area (Å²) in [6.45, 7) is 5.33. The molecule has 1 aromatic carbocycles. The number of rotatable bonds is 6. The first-order valence-electron chi connectivity index (χ1n) is 9.95. The maximum atomic E-state index is 5.73. The highest BCUT2D eigenvalue weighted by atomic mass is 16.5. The van der Waals surface area contributed by atoms with E-state index < -0.39 is 0 Å². The second kappa shape index (κ2) is 7.64. The average Bonchev–Trinajstić information content (AvgIpc) is 2.63. The van der Waals surface area contributed by atoms with E-state index in [0.29, 0.717) is 10.8 Å². The van der Waals surface area contributed by atoms with Gasteiger partial charge < -0.3 is 4.74 Å². The van der Waals surface area contributed by atoms with Crippen LogP contribution in [0.4, 0.5) is 0 Å². The Balaban J connectivity index is 1.59. The molecule has 0 N–H and O–H groups in total. The summed E-state index contributed by atoms with van der Waals surface area (Å²) in [7, 11) is 0. The van der Waals surface area contributed by atoms with Crippen molar-refractivity contribution in [3.05, 3.63) is 29.8 Å². The third-order valence-electron chi connectivity index (χ3n) is 6.27. The third-order valence-corrected chi connectivity index (χ3v) is 6.27. The van der Waals surface area contributed by atoms with Crippen molar-refractivity contribution < 1.29 is 4.74 Å². The molecule has 0 unspecified atom stereocenters. The number of unbranched alkanes of at least 4 members (excludes halogenated alkanes) is 1. The molecule has 4 rings (SSSR count). The van der Waals surface area contributed by atoms with E-state index in [1.54, 1.807) is 0 Å². The monoisotopic (exact) mass is 324 g/mol. The molecule has 3 saturated carbocycles. The zero-order valence-corrected chi connectivity index (χ0v) is 15.5. The van der Waals surface area contributed by atoms with Gasteiger partial charge in [0.25, 0.3) is 0 Å². The predicted molar refractivity (Wildman–Crippen MR) is 101 cm³/mol. The molecule has 0 heterocycles. The Labute approximate surface area is 148 Å². The van der Waals surface area contributed by atoms with Crippen LogP contribution >= 0.6 is 0 Å². The van der Waals surface area contributed by atoms with E-state index in [1.165, 1.54) is 57.8 Å². The minimum absolute atomic E-state index is 0.311. The summed E-state index contributed by atoms with van der Waals surface area (Å²) in [6.07, 6.45) is 13.2. The summed E-state index contributed by atoms with van der Waals surface area (Å²) in [5, 5.41) is 0. The Morgan fingerprint density at radius 3 is 2.17 bits per heavy atom. The van der Waals surface area contributed by atoms with Gasteiger partial charge >= 0.3 is 0 Å². The van der Waals surface area contributed by atoms with Gasteiger partial charge in [0.1, 0.15) is 5.75 Å². The molecule has 1 heteroatoms. The van der Waals surface area contributed by atoms with Crippen molar-refractivity contribution in [2.45, 2.75) is 78.1 Å². The fraction of sp³-hybridized carbons (Fsp3) is 0.652. The van der Waals surface area contributed by atoms with E-state index in [1.807, 2.05) is 0 Å². The van der Waals surface area contributed by atoms with Crippen LogP contribution in [-0.4, -0.2) is 6.61 Å². The van der Waals surface area contributed by atoms with E-state index in [9.17, 15) is 0 Å². The van der Waals surface area contributed by atoms with Crippen molar-refractivity contribution in [2.75, 3.05) is 6.61 Å². The molecule has 0 saturated heterocycles.